The molecule has 1 N–H and O–H groups in total. The number of hydrogen-bond donors (Lipinski definition) is 1. The molecule has 8 heteroatoms. The molecule has 1 unspecified atom stereocenters. The number of morpholine rings is 1. The summed E-state index contributed by atoms with van der Waals surface area (Å²) in [6.07, 6.45) is 4.31. The Kier molecular flexibility index (Phi) is 5.17. The van der Waals surface area contributed by atoms with Crippen molar-refractivity contribution in [2.45, 2.75) is 38.6 Å². The molecular formula is C24H28N6O2. The molecule has 3 aliphatic rings. The van der Waals surface area contributed by atoms with E-state index in [1.54, 1.807) is 4.90 Å². The predicted molar refractivity (Wildman–Crippen MR) is 122 cm³/mol. The maximum atomic E-state index is 13.4. The molecule has 3 aliphatic heterocycles. The molecular weight excluding hydrogens is 404 g/mol. The van der Waals surface area contributed by atoms with Crippen molar-refractivity contribution in [1.82, 2.24) is 25.2 Å². The Bertz CT molecular complexity index is 1130. The molecule has 2 fully saturated rings. The standard InChI is InChI=1S/C24H28N6O2/c1-4-16-11-12-18-22(30-13-14-32-15-24(30,5-2)23(31)29(18)3)25-19(16)21-20(26-28-27-21)17-9-7-6-8-10-17/h6-10,12H,4-5,11,13-15H2,1-3H3,(H,26,27,28). The van der Waals surface area contributed by atoms with E-state index in [1.807, 2.05) is 44.3 Å². The van der Waals surface area contributed by atoms with Gasteiger partial charge in [0.05, 0.1) is 24.6 Å². The fraction of sp³-hybridized carbons (Fsp3) is 0.417. The van der Waals surface area contributed by atoms with E-state index in [-0.39, 0.29) is 5.91 Å². The van der Waals surface area contributed by atoms with Gasteiger partial charge >= 0.3 is 0 Å². The number of aromatic amines is 1. The number of likely N-dealkylation sites (N-methyl/N-ethyl adjacent to an activating group) is 1. The minimum Gasteiger partial charge on any atom is -0.377 e. The molecule has 2 saturated heterocycles. The zero-order valence-corrected chi connectivity index (χ0v) is 18.8. The van der Waals surface area contributed by atoms with Gasteiger partial charge in [-0.25, -0.2) is 4.99 Å². The number of carbonyl (C=O) groups is 1. The number of amides is 1. The van der Waals surface area contributed by atoms with Gasteiger partial charge in [-0.05, 0) is 24.8 Å². The fourth-order valence-corrected chi connectivity index (χ4v) is 4.90. The molecule has 1 atom stereocenters. The van der Waals surface area contributed by atoms with E-state index in [0.29, 0.717) is 32.6 Å². The predicted octanol–water partition coefficient (Wildman–Crippen LogP) is 3.23. The highest BCUT2D eigenvalue weighted by atomic mass is 16.5. The zero-order valence-electron chi connectivity index (χ0n) is 18.8. The highest BCUT2D eigenvalue weighted by molar-refractivity contribution is 6.11. The summed E-state index contributed by atoms with van der Waals surface area (Å²) in [4.78, 5) is 22.6. The first kappa shape index (κ1) is 20.6. The number of amidine groups is 1. The number of hydrogen-bond acceptors (Lipinski definition) is 6. The van der Waals surface area contributed by atoms with Crippen LogP contribution in [-0.4, -0.2) is 69.3 Å². The van der Waals surface area contributed by atoms with Crippen molar-refractivity contribution in [3.05, 3.63) is 53.4 Å². The minimum atomic E-state index is -0.725. The molecule has 32 heavy (non-hydrogen) atoms. The van der Waals surface area contributed by atoms with Crippen LogP contribution in [0.3, 0.4) is 0 Å². The lowest BCUT2D eigenvalue weighted by atomic mass is 9.88. The number of benzene rings is 1. The number of rotatable bonds is 4. The van der Waals surface area contributed by atoms with Gasteiger partial charge in [0.1, 0.15) is 16.9 Å². The third-order valence-electron chi connectivity index (χ3n) is 6.79. The van der Waals surface area contributed by atoms with Gasteiger partial charge in [0, 0.05) is 19.2 Å². The second kappa shape index (κ2) is 8.02. The van der Waals surface area contributed by atoms with Crippen molar-refractivity contribution in [3.63, 3.8) is 0 Å². The monoisotopic (exact) mass is 432 g/mol. The Morgan fingerprint density at radius 1 is 1.16 bits per heavy atom. The average molecular weight is 433 g/mol. The van der Waals surface area contributed by atoms with Crippen molar-refractivity contribution < 1.29 is 9.53 Å². The summed E-state index contributed by atoms with van der Waals surface area (Å²) in [5.41, 5.74) is 4.64. The van der Waals surface area contributed by atoms with Crippen molar-refractivity contribution in [2.24, 2.45) is 4.99 Å². The van der Waals surface area contributed by atoms with Gasteiger partial charge in [0.25, 0.3) is 5.91 Å². The van der Waals surface area contributed by atoms with Crippen LogP contribution in [0.15, 0.2) is 52.7 Å². The van der Waals surface area contributed by atoms with Crippen LogP contribution in [0.5, 0.6) is 0 Å². The first-order chi connectivity index (χ1) is 15.6. The Morgan fingerprint density at radius 2 is 1.94 bits per heavy atom. The first-order valence-electron chi connectivity index (χ1n) is 11.2. The number of allylic oxidation sites excluding steroid dienone is 2. The smallest absolute Gasteiger partial charge is 0.255 e. The van der Waals surface area contributed by atoms with Gasteiger partial charge in [-0.1, -0.05) is 50.3 Å². The molecule has 1 amide bonds. The molecule has 1 aromatic carbocycles. The highest BCUT2D eigenvalue weighted by Crippen LogP contribution is 2.39. The quantitative estimate of drug-likeness (QED) is 0.802. The van der Waals surface area contributed by atoms with Crippen molar-refractivity contribution in [2.75, 3.05) is 26.8 Å². The van der Waals surface area contributed by atoms with Gasteiger partial charge in [-0.15, -0.1) is 0 Å². The maximum Gasteiger partial charge on any atom is 0.255 e. The maximum absolute atomic E-state index is 13.4. The van der Waals surface area contributed by atoms with E-state index in [0.717, 1.165) is 40.6 Å². The van der Waals surface area contributed by atoms with E-state index >= 15 is 0 Å². The van der Waals surface area contributed by atoms with E-state index in [4.69, 9.17) is 9.73 Å². The van der Waals surface area contributed by atoms with Crippen LogP contribution in [-0.2, 0) is 9.53 Å². The molecule has 2 aromatic rings. The van der Waals surface area contributed by atoms with Gasteiger partial charge < -0.3 is 14.5 Å². The zero-order chi connectivity index (χ0) is 22.3. The number of ether oxygens (including phenoxy) is 1. The van der Waals surface area contributed by atoms with Crippen LogP contribution in [0.4, 0.5) is 0 Å². The number of nitrogens with zero attached hydrogens (tertiary/aromatic N) is 5. The lowest BCUT2D eigenvalue weighted by Gasteiger charge is -2.52. The summed E-state index contributed by atoms with van der Waals surface area (Å²) in [6.45, 7) is 5.74. The molecule has 0 bridgehead atoms. The summed E-state index contributed by atoms with van der Waals surface area (Å²) >= 11 is 0. The number of H-pyrrole nitrogens is 1. The van der Waals surface area contributed by atoms with Crippen LogP contribution in [0.25, 0.3) is 17.0 Å². The summed E-state index contributed by atoms with van der Waals surface area (Å²) in [7, 11) is 1.84. The number of aliphatic imine (C=N–C) groups is 1. The Labute approximate surface area is 187 Å². The summed E-state index contributed by atoms with van der Waals surface area (Å²) < 4.78 is 5.78. The van der Waals surface area contributed by atoms with Crippen LogP contribution < -0.4 is 0 Å². The van der Waals surface area contributed by atoms with E-state index in [2.05, 4.69) is 33.3 Å². The molecule has 166 valence electrons. The molecule has 0 aliphatic carbocycles. The topological polar surface area (TPSA) is 86.7 Å². The second-order valence-electron chi connectivity index (χ2n) is 8.37. The van der Waals surface area contributed by atoms with Crippen LogP contribution >= 0.6 is 0 Å². The third kappa shape index (κ3) is 3.01. The number of carbonyl (C=O) groups excluding carboxylic acids is 1. The molecule has 4 heterocycles. The van der Waals surface area contributed by atoms with Crippen molar-refractivity contribution in [1.29, 1.82) is 0 Å². The summed E-state index contributed by atoms with van der Waals surface area (Å²) in [5, 5.41) is 11.8. The Balaban J connectivity index is 1.69. The minimum absolute atomic E-state index is 0.0674. The number of fused-ring (bicyclic) bond motifs is 3. The average Bonchev–Trinajstić information content (AvgIpc) is 3.24. The number of piperazine rings is 1. The molecule has 5 rings (SSSR count). The lowest BCUT2D eigenvalue weighted by Crippen LogP contribution is -2.70. The van der Waals surface area contributed by atoms with Gasteiger partial charge in [0.15, 0.2) is 5.84 Å². The van der Waals surface area contributed by atoms with E-state index in [1.165, 1.54) is 5.57 Å². The van der Waals surface area contributed by atoms with Crippen molar-refractivity contribution in [3.8, 4) is 11.3 Å². The SMILES string of the molecule is CCC1=C(c2n[nH]nc2-c2ccccc2)N=C2C(=CC1)N(C)C(=O)C1(CC)COCCN21. The lowest BCUT2D eigenvalue weighted by molar-refractivity contribution is -0.151. The molecule has 0 spiro atoms. The first-order valence-corrected chi connectivity index (χ1v) is 11.2. The third-order valence-corrected chi connectivity index (χ3v) is 6.79. The van der Waals surface area contributed by atoms with Crippen LogP contribution in [0.1, 0.15) is 38.8 Å². The van der Waals surface area contributed by atoms with Crippen molar-refractivity contribution >= 4 is 17.4 Å². The van der Waals surface area contributed by atoms with E-state index in [9.17, 15) is 4.79 Å². The molecule has 0 radical (unpaired) electrons. The number of nitrogens with one attached hydrogen (secondary N) is 1. The van der Waals surface area contributed by atoms with Gasteiger partial charge in [-0.2, -0.15) is 15.4 Å². The summed E-state index contributed by atoms with van der Waals surface area (Å²) in [5.74, 6) is 0.885. The van der Waals surface area contributed by atoms with Crippen LogP contribution in [0, 0.1) is 0 Å². The normalized spacial score (nSPS) is 23.4. The summed E-state index contributed by atoms with van der Waals surface area (Å²) in [6, 6.07) is 10.0. The number of aromatic nitrogens is 3. The Hall–Kier alpha value is -3.26. The van der Waals surface area contributed by atoms with Crippen LogP contribution in [0.2, 0.25) is 0 Å². The molecule has 1 aromatic heterocycles. The highest BCUT2D eigenvalue weighted by Gasteiger charge is 2.53. The molecule has 0 saturated carbocycles. The Morgan fingerprint density at radius 3 is 2.69 bits per heavy atom. The fourth-order valence-electron chi connectivity index (χ4n) is 4.90. The van der Waals surface area contributed by atoms with Gasteiger partial charge in [0.2, 0.25) is 0 Å². The van der Waals surface area contributed by atoms with E-state index < -0.39 is 5.54 Å². The largest absolute Gasteiger partial charge is 0.377 e. The second-order valence-corrected chi connectivity index (χ2v) is 8.37. The molecule has 8 nitrogen and oxygen atoms in total. The van der Waals surface area contributed by atoms with Gasteiger partial charge in [-0.3, -0.25) is 4.79 Å².